The van der Waals surface area contributed by atoms with Gasteiger partial charge in [-0.15, -0.1) is 0 Å². The molecule has 132 valence electrons. The van der Waals surface area contributed by atoms with Gasteiger partial charge in [0.15, 0.2) is 0 Å². The van der Waals surface area contributed by atoms with Crippen LogP contribution in [-0.2, 0) is 14.3 Å². The number of hydrogen-bond donors (Lipinski definition) is 6. The van der Waals surface area contributed by atoms with E-state index in [4.69, 9.17) is 14.6 Å². The Labute approximate surface area is 136 Å². The number of carbonyl (C=O) groups is 1. The van der Waals surface area contributed by atoms with Gasteiger partial charge in [0.1, 0.15) is 30.2 Å². The van der Waals surface area contributed by atoms with Crippen LogP contribution in [0.4, 0.5) is 0 Å². The van der Waals surface area contributed by atoms with Crippen LogP contribution in [0.5, 0.6) is 5.75 Å². The number of ether oxygens (including phenoxy) is 2. The summed E-state index contributed by atoms with van der Waals surface area (Å²) in [5.41, 5.74) is 0.398. The Bertz CT molecular complexity index is 595. The first-order chi connectivity index (χ1) is 11.3. The lowest BCUT2D eigenvalue weighted by Crippen LogP contribution is -2.59. The standard InChI is InChI=1S/C15H18O9/c16-6-10-11(18)12(19)13(20)15(24-10)23-9(14(21)22)5-7-1-3-8(17)4-2-7/h1-5,10-13,15-20H,6H2,(H,21,22)/b9-5+/t10-,11-,12+,13-,15-/m1/s1. The number of phenols is 1. The molecule has 9 nitrogen and oxygen atoms in total. The molecule has 1 heterocycles. The SMILES string of the molecule is O=C(O)/C(=C\c1ccc(O)cc1)O[C@@H]1O[C@H](CO)[C@@H](O)[C@H](O)[C@H]1O. The van der Waals surface area contributed by atoms with Gasteiger partial charge in [-0.2, -0.15) is 0 Å². The third-order valence-corrected chi connectivity index (χ3v) is 3.49. The Kier molecular flexibility index (Phi) is 5.75. The predicted molar refractivity (Wildman–Crippen MR) is 78.6 cm³/mol. The molecule has 1 aliphatic heterocycles. The lowest BCUT2D eigenvalue weighted by molar-refractivity contribution is -0.291. The first-order valence-electron chi connectivity index (χ1n) is 7.04. The van der Waals surface area contributed by atoms with Gasteiger partial charge in [-0.25, -0.2) is 4.79 Å². The van der Waals surface area contributed by atoms with Gasteiger partial charge in [-0.3, -0.25) is 0 Å². The first kappa shape index (κ1) is 18.2. The van der Waals surface area contributed by atoms with Crippen molar-refractivity contribution in [1.29, 1.82) is 0 Å². The zero-order valence-electron chi connectivity index (χ0n) is 12.4. The summed E-state index contributed by atoms with van der Waals surface area (Å²) in [6.45, 7) is -0.658. The summed E-state index contributed by atoms with van der Waals surface area (Å²) in [7, 11) is 0. The van der Waals surface area contributed by atoms with Crippen LogP contribution in [0.1, 0.15) is 5.56 Å². The summed E-state index contributed by atoms with van der Waals surface area (Å²) in [6, 6.07) is 5.57. The number of aliphatic hydroxyl groups is 4. The zero-order valence-corrected chi connectivity index (χ0v) is 12.4. The molecular weight excluding hydrogens is 324 g/mol. The molecule has 0 aliphatic carbocycles. The number of carboxylic acids is 1. The van der Waals surface area contributed by atoms with Crippen molar-refractivity contribution in [1.82, 2.24) is 0 Å². The zero-order chi connectivity index (χ0) is 17.9. The van der Waals surface area contributed by atoms with Crippen LogP contribution in [0.25, 0.3) is 6.08 Å². The number of aliphatic carboxylic acids is 1. The van der Waals surface area contributed by atoms with E-state index >= 15 is 0 Å². The summed E-state index contributed by atoms with van der Waals surface area (Å²) in [6.07, 6.45) is -6.64. The van der Waals surface area contributed by atoms with Crippen LogP contribution in [0.2, 0.25) is 0 Å². The van der Waals surface area contributed by atoms with Crippen LogP contribution in [-0.4, -0.2) is 73.9 Å². The molecule has 5 atom stereocenters. The molecule has 24 heavy (non-hydrogen) atoms. The molecule has 1 fully saturated rings. The molecule has 0 bridgehead atoms. The topological polar surface area (TPSA) is 157 Å². The molecule has 0 amide bonds. The number of rotatable bonds is 5. The Morgan fingerprint density at radius 1 is 1.12 bits per heavy atom. The van der Waals surface area contributed by atoms with E-state index in [0.29, 0.717) is 5.56 Å². The van der Waals surface area contributed by atoms with Crippen LogP contribution >= 0.6 is 0 Å². The van der Waals surface area contributed by atoms with Gasteiger partial charge >= 0.3 is 5.97 Å². The predicted octanol–water partition coefficient (Wildman–Crippen LogP) is -1.37. The molecular formula is C15H18O9. The van der Waals surface area contributed by atoms with Gasteiger partial charge in [0.25, 0.3) is 0 Å². The highest BCUT2D eigenvalue weighted by Crippen LogP contribution is 2.24. The van der Waals surface area contributed by atoms with E-state index in [9.17, 15) is 30.3 Å². The molecule has 0 saturated carbocycles. The van der Waals surface area contributed by atoms with Crippen LogP contribution in [0, 0.1) is 0 Å². The maximum absolute atomic E-state index is 11.3. The van der Waals surface area contributed by atoms with E-state index in [1.54, 1.807) is 0 Å². The van der Waals surface area contributed by atoms with Crippen LogP contribution in [0.3, 0.4) is 0 Å². The second-order valence-electron chi connectivity index (χ2n) is 5.22. The molecule has 1 aliphatic rings. The molecule has 0 spiro atoms. The molecule has 0 aromatic heterocycles. The maximum atomic E-state index is 11.3. The summed E-state index contributed by atoms with van der Waals surface area (Å²) in [4.78, 5) is 11.3. The van der Waals surface area contributed by atoms with E-state index in [2.05, 4.69) is 0 Å². The molecule has 0 radical (unpaired) electrons. The number of hydrogen-bond acceptors (Lipinski definition) is 8. The number of benzene rings is 1. The van der Waals surface area contributed by atoms with Crippen molar-refractivity contribution in [3.8, 4) is 5.75 Å². The minimum absolute atomic E-state index is 0.00104. The summed E-state index contributed by atoms with van der Waals surface area (Å²) < 4.78 is 10.2. The van der Waals surface area contributed by atoms with Crippen molar-refractivity contribution < 1.29 is 44.9 Å². The van der Waals surface area contributed by atoms with E-state index in [0.717, 1.165) is 6.08 Å². The monoisotopic (exact) mass is 342 g/mol. The van der Waals surface area contributed by atoms with Gasteiger partial charge in [-0.1, -0.05) is 12.1 Å². The van der Waals surface area contributed by atoms with Crippen molar-refractivity contribution in [3.05, 3.63) is 35.6 Å². The summed E-state index contributed by atoms with van der Waals surface area (Å²) in [5, 5.41) is 56.7. The number of phenolic OH excluding ortho intramolecular Hbond substituents is 1. The van der Waals surface area contributed by atoms with Crippen LogP contribution in [0.15, 0.2) is 30.0 Å². The largest absolute Gasteiger partial charge is 0.508 e. The molecule has 1 aromatic rings. The number of aromatic hydroxyl groups is 1. The Morgan fingerprint density at radius 3 is 2.29 bits per heavy atom. The molecule has 2 rings (SSSR count). The van der Waals surface area contributed by atoms with Gasteiger partial charge < -0.3 is 40.1 Å². The highest BCUT2D eigenvalue weighted by atomic mass is 16.7. The molecule has 6 N–H and O–H groups in total. The molecule has 1 aromatic carbocycles. The third-order valence-electron chi connectivity index (χ3n) is 3.49. The fourth-order valence-electron chi connectivity index (χ4n) is 2.16. The Balaban J connectivity index is 2.20. The fraction of sp³-hybridized carbons (Fsp3) is 0.400. The van der Waals surface area contributed by atoms with Gasteiger partial charge in [0, 0.05) is 0 Å². The fourth-order valence-corrected chi connectivity index (χ4v) is 2.16. The van der Waals surface area contributed by atoms with Crippen molar-refractivity contribution in [3.63, 3.8) is 0 Å². The van der Waals surface area contributed by atoms with Crippen molar-refractivity contribution in [2.45, 2.75) is 30.7 Å². The van der Waals surface area contributed by atoms with Gasteiger partial charge in [0.2, 0.25) is 12.0 Å². The second-order valence-corrected chi connectivity index (χ2v) is 5.22. The normalized spacial score (nSPS) is 30.8. The van der Waals surface area contributed by atoms with E-state index in [1.165, 1.54) is 24.3 Å². The highest BCUT2D eigenvalue weighted by Gasteiger charge is 2.45. The van der Waals surface area contributed by atoms with E-state index < -0.39 is 49.0 Å². The summed E-state index contributed by atoms with van der Waals surface area (Å²) in [5.74, 6) is -2.05. The van der Waals surface area contributed by atoms with E-state index in [1.807, 2.05) is 0 Å². The lowest BCUT2D eigenvalue weighted by atomic mass is 9.99. The lowest BCUT2D eigenvalue weighted by Gasteiger charge is -2.39. The quantitative estimate of drug-likeness (QED) is 0.281. The smallest absolute Gasteiger partial charge is 0.371 e. The average molecular weight is 342 g/mol. The number of aliphatic hydroxyl groups excluding tert-OH is 4. The second kappa shape index (κ2) is 7.60. The minimum atomic E-state index is -1.72. The number of carboxylic acid groups (broad SMARTS) is 1. The maximum Gasteiger partial charge on any atom is 0.371 e. The Hall–Kier alpha value is -2.17. The van der Waals surface area contributed by atoms with Gasteiger partial charge in [0.05, 0.1) is 6.61 Å². The van der Waals surface area contributed by atoms with Crippen molar-refractivity contribution >= 4 is 12.0 Å². The van der Waals surface area contributed by atoms with Crippen LogP contribution < -0.4 is 0 Å². The minimum Gasteiger partial charge on any atom is -0.508 e. The molecule has 0 unspecified atom stereocenters. The highest BCUT2D eigenvalue weighted by molar-refractivity contribution is 5.89. The molecule has 1 saturated heterocycles. The molecule has 9 heteroatoms. The van der Waals surface area contributed by atoms with Crippen molar-refractivity contribution in [2.75, 3.05) is 6.61 Å². The first-order valence-corrected chi connectivity index (χ1v) is 7.04. The third kappa shape index (κ3) is 4.02. The van der Waals surface area contributed by atoms with Gasteiger partial charge in [-0.05, 0) is 23.8 Å². The Morgan fingerprint density at radius 2 is 1.75 bits per heavy atom. The van der Waals surface area contributed by atoms with E-state index in [-0.39, 0.29) is 5.75 Å². The summed E-state index contributed by atoms with van der Waals surface area (Å²) >= 11 is 0. The average Bonchev–Trinajstić information content (AvgIpc) is 2.56. The van der Waals surface area contributed by atoms with Crippen molar-refractivity contribution in [2.24, 2.45) is 0 Å².